The molecule has 0 fully saturated rings. The number of halogens is 1. The van der Waals surface area contributed by atoms with Gasteiger partial charge in [0.1, 0.15) is 0 Å². The molecule has 1 unspecified atom stereocenters. The molecule has 1 amide bonds. The number of carbonyl (C=O) groups is 1. The average Bonchev–Trinajstić information content (AvgIpc) is 2.60. The number of rotatable bonds is 4. The third kappa shape index (κ3) is 3.22. The van der Waals surface area contributed by atoms with Crippen molar-refractivity contribution in [1.82, 2.24) is 5.32 Å². The number of hydrogen-bond donors (Lipinski definition) is 1. The van der Waals surface area contributed by atoms with Crippen LogP contribution in [0.4, 0.5) is 0 Å². The molecule has 4 heteroatoms. The third-order valence-corrected chi connectivity index (χ3v) is 3.30. The first kappa shape index (κ1) is 12.5. The first-order valence-corrected chi connectivity index (χ1v) is 6.49. The Balaban J connectivity index is 2.67. The summed E-state index contributed by atoms with van der Waals surface area (Å²) in [7, 11) is 0. The van der Waals surface area contributed by atoms with Crippen molar-refractivity contribution in [3.63, 3.8) is 0 Å². The van der Waals surface area contributed by atoms with Crippen LogP contribution in [0.1, 0.15) is 30.0 Å². The minimum Gasteiger partial charge on any atom is -0.459 e. The smallest absolute Gasteiger partial charge is 0.287 e. The Morgan fingerprint density at radius 2 is 2.27 bits per heavy atom. The van der Waals surface area contributed by atoms with E-state index in [1.165, 1.54) is 0 Å². The van der Waals surface area contributed by atoms with Gasteiger partial charge in [0.25, 0.3) is 5.91 Å². The van der Waals surface area contributed by atoms with Crippen molar-refractivity contribution in [2.24, 2.45) is 5.92 Å². The van der Waals surface area contributed by atoms with Crippen molar-refractivity contribution < 1.29 is 9.21 Å². The van der Waals surface area contributed by atoms with E-state index in [0.717, 1.165) is 9.99 Å². The van der Waals surface area contributed by atoms with Crippen LogP contribution >= 0.6 is 22.6 Å². The zero-order chi connectivity index (χ0) is 11.4. The molecular formula is C11H16INO2. The lowest BCUT2D eigenvalue weighted by atomic mass is 10.1. The third-order valence-electron chi connectivity index (χ3n) is 2.36. The van der Waals surface area contributed by atoms with Gasteiger partial charge in [0.05, 0.1) is 6.26 Å². The Labute approximate surface area is 104 Å². The van der Waals surface area contributed by atoms with Crippen LogP contribution in [-0.2, 0) is 0 Å². The number of hydrogen-bond acceptors (Lipinski definition) is 2. The van der Waals surface area contributed by atoms with Crippen LogP contribution < -0.4 is 5.32 Å². The first-order chi connectivity index (χ1) is 7.06. The van der Waals surface area contributed by atoms with Gasteiger partial charge >= 0.3 is 0 Å². The predicted molar refractivity (Wildman–Crippen MR) is 68.4 cm³/mol. The molecule has 0 aliphatic rings. The normalized spacial score (nSPS) is 12.9. The van der Waals surface area contributed by atoms with Gasteiger partial charge in [-0.25, -0.2) is 0 Å². The van der Waals surface area contributed by atoms with E-state index < -0.39 is 0 Å². The maximum absolute atomic E-state index is 11.8. The fraction of sp³-hybridized carbons (Fsp3) is 0.545. The Morgan fingerprint density at radius 3 is 2.67 bits per heavy atom. The SMILES string of the molecule is Cc1ccoc1C(=O)NC(CI)C(C)C. The van der Waals surface area contributed by atoms with E-state index in [1.54, 1.807) is 12.3 Å². The lowest BCUT2D eigenvalue weighted by molar-refractivity contribution is 0.0903. The quantitative estimate of drug-likeness (QED) is 0.684. The van der Waals surface area contributed by atoms with E-state index in [-0.39, 0.29) is 11.9 Å². The summed E-state index contributed by atoms with van der Waals surface area (Å²) in [6.45, 7) is 6.06. The fourth-order valence-corrected chi connectivity index (χ4v) is 2.46. The summed E-state index contributed by atoms with van der Waals surface area (Å²) in [5.41, 5.74) is 0.878. The van der Waals surface area contributed by atoms with E-state index >= 15 is 0 Å². The Bertz CT molecular complexity index is 333. The largest absolute Gasteiger partial charge is 0.459 e. The summed E-state index contributed by atoms with van der Waals surface area (Å²) in [5.74, 6) is 0.736. The second-order valence-electron chi connectivity index (χ2n) is 3.91. The van der Waals surface area contributed by atoms with E-state index in [0.29, 0.717) is 11.7 Å². The second-order valence-corrected chi connectivity index (χ2v) is 4.79. The number of amides is 1. The van der Waals surface area contributed by atoms with Crippen molar-refractivity contribution in [2.45, 2.75) is 26.8 Å². The molecule has 1 N–H and O–H groups in total. The van der Waals surface area contributed by atoms with Crippen molar-refractivity contribution >= 4 is 28.5 Å². The Kier molecular flexibility index (Phi) is 4.63. The molecule has 0 saturated heterocycles. The van der Waals surface area contributed by atoms with E-state index in [1.807, 2.05) is 6.92 Å². The van der Waals surface area contributed by atoms with Crippen molar-refractivity contribution in [2.75, 3.05) is 4.43 Å². The summed E-state index contributed by atoms with van der Waals surface area (Å²) >= 11 is 2.28. The van der Waals surface area contributed by atoms with Crippen LogP contribution in [0, 0.1) is 12.8 Å². The van der Waals surface area contributed by atoms with Gasteiger partial charge in [-0.3, -0.25) is 4.79 Å². The number of carbonyl (C=O) groups excluding carboxylic acids is 1. The van der Waals surface area contributed by atoms with Gasteiger partial charge in [0.2, 0.25) is 0 Å². The molecule has 0 aliphatic carbocycles. The van der Waals surface area contributed by atoms with Crippen LogP contribution in [0.15, 0.2) is 16.7 Å². The maximum Gasteiger partial charge on any atom is 0.287 e. The molecular weight excluding hydrogens is 305 g/mol. The monoisotopic (exact) mass is 321 g/mol. The highest BCUT2D eigenvalue weighted by Gasteiger charge is 2.18. The Morgan fingerprint density at radius 1 is 1.60 bits per heavy atom. The molecule has 3 nitrogen and oxygen atoms in total. The molecule has 1 aromatic heterocycles. The van der Waals surface area contributed by atoms with Gasteiger partial charge in [0.15, 0.2) is 5.76 Å². The van der Waals surface area contributed by atoms with Gasteiger partial charge < -0.3 is 9.73 Å². The Hall–Kier alpha value is -0.520. The van der Waals surface area contributed by atoms with Crippen molar-refractivity contribution in [3.8, 4) is 0 Å². The van der Waals surface area contributed by atoms with Crippen molar-refractivity contribution in [1.29, 1.82) is 0 Å². The molecule has 1 atom stereocenters. The number of furan rings is 1. The highest BCUT2D eigenvalue weighted by atomic mass is 127. The van der Waals surface area contributed by atoms with Crippen LogP contribution in [0.3, 0.4) is 0 Å². The van der Waals surface area contributed by atoms with E-state index in [9.17, 15) is 4.79 Å². The fourth-order valence-electron chi connectivity index (χ4n) is 1.22. The van der Waals surface area contributed by atoms with Crippen LogP contribution in [0.5, 0.6) is 0 Å². The van der Waals surface area contributed by atoms with Gasteiger partial charge in [-0.05, 0) is 18.9 Å². The lowest BCUT2D eigenvalue weighted by Crippen LogP contribution is -2.39. The molecule has 84 valence electrons. The summed E-state index contributed by atoms with van der Waals surface area (Å²) in [4.78, 5) is 11.8. The number of nitrogens with one attached hydrogen (secondary N) is 1. The van der Waals surface area contributed by atoms with Crippen LogP contribution in [0.25, 0.3) is 0 Å². The van der Waals surface area contributed by atoms with Gasteiger partial charge in [-0.1, -0.05) is 36.4 Å². The highest BCUT2D eigenvalue weighted by Crippen LogP contribution is 2.11. The number of alkyl halides is 1. The molecule has 1 heterocycles. The van der Waals surface area contributed by atoms with E-state index in [4.69, 9.17) is 4.42 Å². The average molecular weight is 321 g/mol. The van der Waals surface area contributed by atoms with Gasteiger partial charge in [0, 0.05) is 16.0 Å². The molecule has 1 rings (SSSR count). The zero-order valence-corrected chi connectivity index (χ0v) is 11.4. The summed E-state index contributed by atoms with van der Waals surface area (Å²) in [5, 5.41) is 2.97. The lowest BCUT2D eigenvalue weighted by Gasteiger charge is -2.19. The van der Waals surface area contributed by atoms with Gasteiger partial charge in [-0.15, -0.1) is 0 Å². The molecule has 0 bridgehead atoms. The zero-order valence-electron chi connectivity index (χ0n) is 9.21. The highest BCUT2D eigenvalue weighted by molar-refractivity contribution is 14.1. The predicted octanol–water partition coefficient (Wildman–Crippen LogP) is 2.78. The molecule has 0 saturated carbocycles. The second kappa shape index (κ2) is 5.53. The van der Waals surface area contributed by atoms with E-state index in [2.05, 4.69) is 41.8 Å². The topological polar surface area (TPSA) is 42.2 Å². The van der Waals surface area contributed by atoms with Gasteiger partial charge in [-0.2, -0.15) is 0 Å². The maximum atomic E-state index is 11.8. The minimum absolute atomic E-state index is 0.118. The van der Waals surface area contributed by atoms with Crippen LogP contribution in [0.2, 0.25) is 0 Å². The first-order valence-electron chi connectivity index (χ1n) is 4.97. The molecule has 0 aromatic carbocycles. The summed E-state index contributed by atoms with van der Waals surface area (Å²) < 4.78 is 6.04. The minimum atomic E-state index is -0.118. The van der Waals surface area contributed by atoms with Crippen LogP contribution in [-0.4, -0.2) is 16.4 Å². The number of aryl methyl sites for hydroxylation is 1. The van der Waals surface area contributed by atoms with Crippen molar-refractivity contribution in [3.05, 3.63) is 23.7 Å². The molecule has 15 heavy (non-hydrogen) atoms. The standard InChI is InChI=1S/C11H16INO2/c1-7(2)9(6-12)13-11(14)10-8(3)4-5-15-10/h4-5,7,9H,6H2,1-3H3,(H,13,14). The summed E-state index contributed by atoms with van der Waals surface area (Å²) in [6.07, 6.45) is 1.54. The molecule has 1 aromatic rings. The molecule has 0 radical (unpaired) electrons. The molecule has 0 spiro atoms. The molecule has 0 aliphatic heterocycles. The summed E-state index contributed by atoms with van der Waals surface area (Å²) in [6, 6.07) is 1.99.